The van der Waals surface area contributed by atoms with Crippen LogP contribution in [0.25, 0.3) is 0 Å². The Bertz CT molecular complexity index is 1870. The SMILES string of the molecule is CC.CC=C1CC[C@@]2(OP)[C@H]3Cc4ccc(P=O)c5c4[C@@]2(CCN3C)C1O5.CN1CC[C@]23c4c5ccc(P=O)c4OC2C(=O)CC[C@@]3(OP)[C@H]1C5.[HH]. The van der Waals surface area contributed by atoms with Crippen molar-refractivity contribution in [1.29, 1.82) is 0 Å². The van der Waals surface area contributed by atoms with Crippen LogP contribution in [0.1, 0.15) is 83.0 Å². The van der Waals surface area contributed by atoms with Crippen LogP contribution in [0.15, 0.2) is 35.9 Å². The number of rotatable bonds is 4. The van der Waals surface area contributed by atoms with E-state index in [0.717, 1.165) is 68.2 Å². The number of hydrogen-bond donors (Lipinski definition) is 0. The third-order valence-electron chi connectivity index (χ3n) is 14.0. The molecular formula is C38H50N2O7P4. The first kappa shape index (κ1) is 36.3. The van der Waals surface area contributed by atoms with Crippen molar-refractivity contribution in [2.75, 3.05) is 27.2 Å². The summed E-state index contributed by atoms with van der Waals surface area (Å²) in [6.45, 7) is 8.05. The van der Waals surface area contributed by atoms with E-state index in [2.05, 4.69) is 68.0 Å². The monoisotopic (exact) mass is 770 g/mol. The van der Waals surface area contributed by atoms with E-state index in [1.807, 2.05) is 26.0 Å². The number of benzene rings is 2. The summed E-state index contributed by atoms with van der Waals surface area (Å²) < 4.78 is 48.7. The predicted molar refractivity (Wildman–Crippen MR) is 207 cm³/mol. The van der Waals surface area contributed by atoms with Gasteiger partial charge in [-0.05, 0) is 108 Å². The highest BCUT2D eigenvalue weighted by Crippen LogP contribution is 2.67. The molecular weight excluding hydrogens is 720 g/mol. The van der Waals surface area contributed by atoms with E-state index in [1.165, 1.54) is 22.3 Å². The second-order valence-electron chi connectivity index (χ2n) is 15.3. The fourth-order valence-electron chi connectivity index (χ4n) is 12.0. The van der Waals surface area contributed by atoms with E-state index >= 15 is 0 Å². The van der Waals surface area contributed by atoms with Gasteiger partial charge in [-0.2, -0.15) is 0 Å². The Morgan fingerprint density at radius 1 is 0.784 bits per heavy atom. The molecule has 0 amide bonds. The Kier molecular flexibility index (Phi) is 9.25. The van der Waals surface area contributed by atoms with Crippen LogP contribution in [0.3, 0.4) is 0 Å². The van der Waals surface area contributed by atoms with Gasteiger partial charge in [0.1, 0.15) is 28.8 Å². The summed E-state index contributed by atoms with van der Waals surface area (Å²) in [6, 6.07) is 8.62. The number of hydrogen-bond acceptors (Lipinski definition) is 9. The third-order valence-corrected chi connectivity index (χ3v) is 16.0. The van der Waals surface area contributed by atoms with Gasteiger partial charge >= 0.3 is 0 Å². The number of piperidine rings is 2. The molecule has 4 heterocycles. The molecule has 4 fully saturated rings. The zero-order valence-corrected chi connectivity index (χ0v) is 34.2. The Balaban J connectivity index is 0.000000152. The maximum atomic E-state index is 12.8. The lowest BCUT2D eigenvalue weighted by atomic mass is 9.48. The van der Waals surface area contributed by atoms with Crippen LogP contribution in [-0.2, 0) is 46.6 Å². The number of carbonyl (C=O) groups is 1. The number of ether oxygens (including phenoxy) is 2. The Labute approximate surface area is 310 Å². The second-order valence-corrected chi connectivity index (χ2v) is 17.1. The van der Waals surface area contributed by atoms with Gasteiger partial charge in [-0.25, -0.2) is 0 Å². The molecule has 13 heteroatoms. The number of ketones is 1. The first-order valence-electron chi connectivity index (χ1n) is 18.4. The van der Waals surface area contributed by atoms with E-state index in [4.69, 9.17) is 18.5 Å². The first-order valence-corrected chi connectivity index (χ1v) is 21.0. The maximum Gasteiger partial charge on any atom is 0.196 e. The molecule has 8 aliphatic rings. The molecule has 2 aromatic carbocycles. The normalized spacial score (nSPS) is 38.5. The molecule has 0 N–H and O–H groups in total. The molecule has 0 radical (unpaired) electrons. The van der Waals surface area contributed by atoms with Crippen molar-refractivity contribution in [3.8, 4) is 11.5 Å². The van der Waals surface area contributed by atoms with Crippen molar-refractivity contribution in [3.63, 3.8) is 0 Å². The highest BCUT2D eigenvalue weighted by Gasteiger charge is 2.74. The Morgan fingerprint density at radius 2 is 1.25 bits per heavy atom. The molecule has 2 saturated carbocycles. The molecule has 4 unspecified atom stereocenters. The number of likely N-dealkylation sites (N-methyl/N-ethyl adjacent to an activating group) is 2. The number of likely N-dealkylation sites (tertiary alicyclic amines) is 2. The topological polar surface area (TPSA) is 94.6 Å². The summed E-state index contributed by atoms with van der Waals surface area (Å²) in [7, 11) is 9.36. The van der Waals surface area contributed by atoms with Crippen molar-refractivity contribution < 1.29 is 33.9 Å². The van der Waals surface area contributed by atoms with E-state index < -0.39 is 17.1 Å². The minimum atomic E-state index is -0.514. The van der Waals surface area contributed by atoms with Crippen LogP contribution < -0.4 is 20.1 Å². The van der Waals surface area contributed by atoms with Gasteiger partial charge in [0.2, 0.25) is 0 Å². The highest BCUT2D eigenvalue weighted by atomic mass is 31.1. The molecule has 10 atom stereocenters. The van der Waals surface area contributed by atoms with Gasteiger partial charge in [-0.15, -0.1) is 0 Å². The molecule has 4 aliphatic heterocycles. The number of allylic oxidation sites excluding steroid dienone is 1. The average Bonchev–Trinajstić information content (AvgIpc) is 3.71. The lowest BCUT2D eigenvalue weighted by Crippen LogP contribution is -2.76. The lowest BCUT2D eigenvalue weighted by molar-refractivity contribution is -0.170. The molecule has 9 nitrogen and oxygen atoms in total. The molecule has 274 valence electrons. The molecule has 4 bridgehead atoms. The van der Waals surface area contributed by atoms with Gasteiger partial charge in [-0.3, -0.25) is 13.9 Å². The van der Waals surface area contributed by atoms with Gasteiger partial charge in [0.05, 0.1) is 21.4 Å². The summed E-state index contributed by atoms with van der Waals surface area (Å²) in [4.78, 5) is 17.6. The number of Topliss-reactive ketones (excluding diaryl/α,β-unsaturated/α-hetero) is 1. The van der Waals surface area contributed by atoms with Gasteiger partial charge in [0.25, 0.3) is 0 Å². The standard InChI is InChI=1S/C19H23NO3P2.C17H19NO4P2.C2H6.H2/c1-3-11-6-7-19(23-24)14-10-12-4-5-13(25-21)16-15(12)18(19,17(11)22-16)8-9-20(14)2;1-18-7-6-16-13-9-2-3-11(24-20)14(13)21-15(16)10(19)4-5-17(16,22-23)12(18)8-9;1-2;/h3-5,14,17H,6-10,24H2,1-2H3;2-3,12,15H,4-8,23H2,1H3;1-2H3;1H/t14-,17?,18+,19-;12-,15?,16+,17-;;/m11../s1. The van der Waals surface area contributed by atoms with Crippen LogP contribution in [0.5, 0.6) is 11.5 Å². The highest BCUT2D eigenvalue weighted by molar-refractivity contribution is 7.34. The number of carbonyl (C=O) groups excluding carboxylic acids is 1. The van der Waals surface area contributed by atoms with E-state index in [0.29, 0.717) is 29.9 Å². The van der Waals surface area contributed by atoms with Gasteiger partial charge in [0.15, 0.2) is 28.8 Å². The molecule has 4 aliphatic carbocycles. The summed E-state index contributed by atoms with van der Waals surface area (Å²) in [6.07, 6.45) is 8.55. The van der Waals surface area contributed by atoms with Crippen LogP contribution >= 0.6 is 35.9 Å². The van der Waals surface area contributed by atoms with Crippen molar-refractivity contribution in [3.05, 3.63) is 58.2 Å². The molecule has 2 aromatic rings. The fraction of sp³-hybridized carbons (Fsp3) is 0.605. The Hall–Kier alpha value is -1.65. The fourth-order valence-corrected chi connectivity index (χ4v) is 13.7. The predicted octanol–water partition coefficient (Wildman–Crippen LogP) is 6.19. The van der Waals surface area contributed by atoms with Crippen LogP contribution in [-0.4, -0.2) is 78.3 Å². The smallest absolute Gasteiger partial charge is 0.196 e. The van der Waals surface area contributed by atoms with E-state index in [9.17, 15) is 13.9 Å². The average molecular weight is 771 g/mol. The van der Waals surface area contributed by atoms with E-state index in [-0.39, 0.29) is 47.3 Å². The van der Waals surface area contributed by atoms with Crippen molar-refractivity contribution >= 4 is 52.2 Å². The van der Waals surface area contributed by atoms with Crippen molar-refractivity contribution in [1.82, 2.24) is 9.80 Å². The molecule has 2 spiro atoms. The minimum absolute atomic E-state index is 0. The van der Waals surface area contributed by atoms with Crippen LogP contribution in [0.4, 0.5) is 0 Å². The molecule has 10 rings (SSSR count). The summed E-state index contributed by atoms with van der Waals surface area (Å²) in [5.41, 5.74) is 4.95. The van der Waals surface area contributed by atoms with Crippen molar-refractivity contribution in [2.45, 2.75) is 118 Å². The van der Waals surface area contributed by atoms with Gasteiger partial charge in [0, 0.05) is 50.0 Å². The molecule has 2 saturated heterocycles. The second kappa shape index (κ2) is 13.0. The van der Waals surface area contributed by atoms with Gasteiger partial charge in [-0.1, -0.05) is 32.1 Å². The van der Waals surface area contributed by atoms with Crippen molar-refractivity contribution in [2.24, 2.45) is 0 Å². The maximum absolute atomic E-state index is 12.8. The van der Waals surface area contributed by atoms with Crippen LogP contribution in [0.2, 0.25) is 0 Å². The zero-order chi connectivity index (χ0) is 36.1. The number of nitrogens with zero attached hydrogens (tertiary/aromatic N) is 2. The van der Waals surface area contributed by atoms with Crippen LogP contribution in [0, 0.1) is 0 Å². The summed E-state index contributed by atoms with van der Waals surface area (Å²) >= 11 is 0. The zero-order valence-electron chi connectivity index (χ0n) is 30.1. The third kappa shape index (κ3) is 4.36. The molecule has 0 aromatic heterocycles. The summed E-state index contributed by atoms with van der Waals surface area (Å²) in [5.74, 6) is 1.67. The first-order chi connectivity index (χ1) is 24.7. The Morgan fingerprint density at radius 3 is 1.73 bits per heavy atom. The van der Waals surface area contributed by atoms with E-state index in [1.54, 1.807) is 0 Å². The largest absolute Gasteiger partial charge is 0.484 e. The minimum Gasteiger partial charge on any atom is -0.484 e. The van der Waals surface area contributed by atoms with Gasteiger partial charge < -0.3 is 28.3 Å². The summed E-state index contributed by atoms with van der Waals surface area (Å²) in [5, 5.41) is 1.41. The molecule has 51 heavy (non-hydrogen) atoms. The quantitative estimate of drug-likeness (QED) is 0.267. The lowest BCUT2D eigenvalue weighted by Gasteiger charge is -2.64.